The minimum Gasteiger partial charge on any atom is -0.497 e. The van der Waals surface area contributed by atoms with E-state index in [-0.39, 0.29) is 17.2 Å². The van der Waals surface area contributed by atoms with Gasteiger partial charge in [-0.3, -0.25) is 9.10 Å². The molecule has 1 N–H and O–H groups in total. The standard InChI is InChI=1S/C25H26N2O4S/c1-18-5-3-6-19(15-18)16-25(28)26-21-8-13-24-20(17-21)7-4-14-27(24)32(29,30)23-11-9-22(31-2)10-12-23/h3,5-6,8-13,15,17H,4,7,14,16H2,1-2H3,(H,26,28). The van der Waals surface area contributed by atoms with E-state index < -0.39 is 10.0 Å². The molecule has 0 bridgehead atoms. The molecule has 0 radical (unpaired) electrons. The molecule has 0 unspecified atom stereocenters. The molecule has 4 rings (SSSR count). The van der Waals surface area contributed by atoms with Crippen LogP contribution in [0.5, 0.6) is 5.75 Å². The molecule has 0 aliphatic carbocycles. The Bertz CT molecular complexity index is 1240. The molecule has 1 aliphatic rings. The number of anilines is 2. The summed E-state index contributed by atoms with van der Waals surface area (Å²) >= 11 is 0. The molecule has 0 fully saturated rings. The second-order valence-electron chi connectivity index (χ2n) is 7.91. The van der Waals surface area contributed by atoms with Gasteiger partial charge in [0.2, 0.25) is 5.91 Å². The van der Waals surface area contributed by atoms with Gasteiger partial charge in [-0.15, -0.1) is 0 Å². The van der Waals surface area contributed by atoms with Crippen molar-refractivity contribution in [1.82, 2.24) is 0 Å². The van der Waals surface area contributed by atoms with Gasteiger partial charge >= 0.3 is 0 Å². The molecule has 3 aromatic rings. The second kappa shape index (κ2) is 9.04. The molecule has 3 aromatic carbocycles. The van der Waals surface area contributed by atoms with Crippen molar-refractivity contribution in [3.05, 3.63) is 83.4 Å². The molecule has 0 saturated heterocycles. The van der Waals surface area contributed by atoms with E-state index in [1.165, 1.54) is 4.31 Å². The van der Waals surface area contributed by atoms with Gasteiger partial charge in [-0.2, -0.15) is 0 Å². The number of hydrogen-bond donors (Lipinski definition) is 1. The summed E-state index contributed by atoms with van der Waals surface area (Å²) in [5.41, 5.74) is 4.30. The van der Waals surface area contributed by atoms with Gasteiger partial charge in [0.05, 0.1) is 24.1 Å². The quantitative estimate of drug-likeness (QED) is 0.607. The number of amides is 1. The highest BCUT2D eigenvalue weighted by Crippen LogP contribution is 2.34. The highest BCUT2D eigenvalue weighted by molar-refractivity contribution is 7.92. The van der Waals surface area contributed by atoms with Gasteiger partial charge in [0.1, 0.15) is 5.75 Å². The topological polar surface area (TPSA) is 75.7 Å². The molecular formula is C25H26N2O4S. The summed E-state index contributed by atoms with van der Waals surface area (Å²) < 4.78 is 33.1. The number of benzene rings is 3. The predicted octanol–water partition coefficient (Wildman–Crippen LogP) is 4.33. The predicted molar refractivity (Wildman–Crippen MR) is 126 cm³/mol. The molecule has 166 valence electrons. The maximum atomic E-state index is 13.3. The largest absolute Gasteiger partial charge is 0.497 e. The second-order valence-corrected chi connectivity index (χ2v) is 9.78. The van der Waals surface area contributed by atoms with Crippen LogP contribution in [0, 0.1) is 6.92 Å². The number of rotatable bonds is 6. The Hall–Kier alpha value is -3.32. The molecular weight excluding hydrogens is 424 g/mol. The zero-order valence-corrected chi connectivity index (χ0v) is 19.0. The van der Waals surface area contributed by atoms with E-state index in [1.807, 2.05) is 37.3 Å². The number of nitrogens with zero attached hydrogens (tertiary/aromatic N) is 1. The van der Waals surface area contributed by atoms with Crippen LogP contribution in [0.25, 0.3) is 0 Å². The monoisotopic (exact) mass is 450 g/mol. The fourth-order valence-corrected chi connectivity index (χ4v) is 5.52. The molecule has 0 atom stereocenters. The molecule has 0 spiro atoms. The van der Waals surface area contributed by atoms with Crippen LogP contribution in [0.1, 0.15) is 23.1 Å². The minimum absolute atomic E-state index is 0.103. The summed E-state index contributed by atoms with van der Waals surface area (Å²) in [6, 6.07) is 19.7. The number of nitrogens with one attached hydrogen (secondary N) is 1. The van der Waals surface area contributed by atoms with Crippen LogP contribution < -0.4 is 14.4 Å². The smallest absolute Gasteiger partial charge is 0.264 e. The Balaban J connectivity index is 1.53. The van der Waals surface area contributed by atoms with Crippen molar-refractivity contribution < 1.29 is 17.9 Å². The average Bonchev–Trinajstić information content (AvgIpc) is 2.78. The number of carbonyl (C=O) groups excluding carboxylic acids is 1. The van der Waals surface area contributed by atoms with Crippen molar-refractivity contribution in [2.24, 2.45) is 0 Å². The van der Waals surface area contributed by atoms with Crippen LogP contribution >= 0.6 is 0 Å². The SMILES string of the molecule is COc1ccc(S(=O)(=O)N2CCCc3cc(NC(=O)Cc4cccc(C)c4)ccc32)cc1. The third kappa shape index (κ3) is 4.62. The van der Waals surface area contributed by atoms with Gasteiger partial charge < -0.3 is 10.1 Å². The Morgan fingerprint density at radius 2 is 1.84 bits per heavy atom. The lowest BCUT2D eigenvalue weighted by molar-refractivity contribution is -0.115. The van der Waals surface area contributed by atoms with Gasteiger partial charge in [-0.1, -0.05) is 29.8 Å². The summed E-state index contributed by atoms with van der Waals surface area (Å²) in [5.74, 6) is 0.503. The first-order valence-corrected chi connectivity index (χ1v) is 12.0. The first kappa shape index (κ1) is 21.9. The van der Waals surface area contributed by atoms with Crippen molar-refractivity contribution in [3.8, 4) is 5.75 Å². The lowest BCUT2D eigenvalue weighted by Gasteiger charge is -2.31. The molecule has 0 aromatic heterocycles. The Morgan fingerprint density at radius 3 is 2.56 bits per heavy atom. The molecule has 7 heteroatoms. The minimum atomic E-state index is -3.69. The lowest BCUT2D eigenvalue weighted by atomic mass is 10.0. The van der Waals surface area contributed by atoms with E-state index in [0.717, 1.165) is 23.1 Å². The Labute approximate surface area is 188 Å². The number of carbonyl (C=O) groups is 1. The van der Waals surface area contributed by atoms with Crippen LogP contribution in [0.3, 0.4) is 0 Å². The Kier molecular flexibility index (Phi) is 6.19. The van der Waals surface area contributed by atoms with E-state index >= 15 is 0 Å². The van der Waals surface area contributed by atoms with E-state index in [1.54, 1.807) is 43.5 Å². The van der Waals surface area contributed by atoms with Crippen LogP contribution in [0.15, 0.2) is 71.6 Å². The third-order valence-electron chi connectivity index (χ3n) is 5.53. The van der Waals surface area contributed by atoms with Gasteiger partial charge in [-0.05, 0) is 73.4 Å². The number of sulfonamides is 1. The van der Waals surface area contributed by atoms with Gasteiger partial charge in [0.15, 0.2) is 0 Å². The highest BCUT2D eigenvalue weighted by atomic mass is 32.2. The van der Waals surface area contributed by atoms with Crippen molar-refractivity contribution in [2.45, 2.75) is 31.1 Å². The number of ether oxygens (including phenoxy) is 1. The van der Waals surface area contributed by atoms with Gasteiger partial charge in [0.25, 0.3) is 10.0 Å². The van der Waals surface area contributed by atoms with E-state index in [4.69, 9.17) is 4.74 Å². The van der Waals surface area contributed by atoms with Gasteiger partial charge in [-0.25, -0.2) is 8.42 Å². The number of aryl methyl sites for hydroxylation is 2. The summed E-state index contributed by atoms with van der Waals surface area (Å²) in [7, 11) is -2.15. The molecule has 1 amide bonds. The lowest BCUT2D eigenvalue weighted by Crippen LogP contribution is -2.35. The summed E-state index contributed by atoms with van der Waals surface area (Å²) in [6.45, 7) is 2.41. The average molecular weight is 451 g/mol. The highest BCUT2D eigenvalue weighted by Gasteiger charge is 2.29. The van der Waals surface area contributed by atoms with E-state index in [9.17, 15) is 13.2 Å². The van der Waals surface area contributed by atoms with Crippen LogP contribution in [0.4, 0.5) is 11.4 Å². The number of methoxy groups -OCH3 is 1. The van der Waals surface area contributed by atoms with Gasteiger partial charge in [0, 0.05) is 12.2 Å². The fourth-order valence-electron chi connectivity index (χ4n) is 3.98. The van der Waals surface area contributed by atoms with Crippen LogP contribution in [-0.4, -0.2) is 28.0 Å². The fraction of sp³-hybridized carbons (Fsp3) is 0.240. The maximum absolute atomic E-state index is 13.3. The van der Waals surface area contributed by atoms with E-state index in [0.29, 0.717) is 30.1 Å². The van der Waals surface area contributed by atoms with Crippen molar-refractivity contribution in [3.63, 3.8) is 0 Å². The zero-order chi connectivity index (χ0) is 22.7. The number of hydrogen-bond acceptors (Lipinski definition) is 4. The number of fused-ring (bicyclic) bond motifs is 1. The molecule has 32 heavy (non-hydrogen) atoms. The molecule has 1 heterocycles. The first-order chi connectivity index (χ1) is 15.4. The third-order valence-corrected chi connectivity index (χ3v) is 7.36. The summed E-state index contributed by atoms with van der Waals surface area (Å²) in [4.78, 5) is 12.7. The molecule has 1 aliphatic heterocycles. The zero-order valence-electron chi connectivity index (χ0n) is 18.2. The summed E-state index contributed by atoms with van der Waals surface area (Å²) in [6.07, 6.45) is 1.76. The first-order valence-electron chi connectivity index (χ1n) is 10.5. The molecule has 6 nitrogen and oxygen atoms in total. The maximum Gasteiger partial charge on any atom is 0.264 e. The van der Waals surface area contributed by atoms with Crippen LogP contribution in [-0.2, 0) is 27.7 Å². The van der Waals surface area contributed by atoms with E-state index in [2.05, 4.69) is 5.32 Å². The summed E-state index contributed by atoms with van der Waals surface area (Å²) in [5, 5.41) is 2.94. The van der Waals surface area contributed by atoms with Crippen molar-refractivity contribution in [1.29, 1.82) is 0 Å². The normalized spacial score (nSPS) is 13.4. The van der Waals surface area contributed by atoms with Crippen molar-refractivity contribution >= 4 is 27.3 Å². The molecule has 0 saturated carbocycles. The Morgan fingerprint density at radius 1 is 1.06 bits per heavy atom. The van der Waals surface area contributed by atoms with Crippen molar-refractivity contribution in [2.75, 3.05) is 23.3 Å². The van der Waals surface area contributed by atoms with Crippen LogP contribution in [0.2, 0.25) is 0 Å².